The second kappa shape index (κ2) is 7.14. The highest BCUT2D eigenvalue weighted by atomic mass is 32.1. The molecule has 8 heteroatoms. The number of nitrogens with zero attached hydrogens (tertiary/aromatic N) is 4. The van der Waals surface area contributed by atoms with Crippen molar-refractivity contribution in [1.29, 1.82) is 0 Å². The van der Waals surface area contributed by atoms with Crippen LogP contribution in [0.3, 0.4) is 0 Å². The molecule has 3 heterocycles. The number of hydrogen-bond donors (Lipinski definition) is 2. The molecule has 0 atom stereocenters. The van der Waals surface area contributed by atoms with Crippen LogP contribution in [-0.2, 0) is 6.54 Å². The van der Waals surface area contributed by atoms with Crippen LogP contribution in [0, 0.1) is 13.8 Å². The molecule has 0 saturated heterocycles. The summed E-state index contributed by atoms with van der Waals surface area (Å²) in [4.78, 5) is 29.2. The number of hydrogen-bond acceptors (Lipinski definition) is 7. The highest BCUT2D eigenvalue weighted by molar-refractivity contribution is 7.14. The SMILES string of the molecule is Cc1cc(C)nc(Nc2nc(C(=O)NCc3ccccn3)cs2)n1. The second-order valence-corrected chi connectivity index (χ2v) is 6.00. The zero-order chi connectivity index (χ0) is 16.9. The molecule has 1 amide bonds. The molecule has 0 saturated carbocycles. The summed E-state index contributed by atoms with van der Waals surface area (Å²) in [5.74, 6) is 0.230. The number of nitrogens with one attached hydrogen (secondary N) is 2. The number of aryl methyl sites for hydroxylation is 2. The van der Waals surface area contributed by atoms with E-state index in [0.717, 1.165) is 17.1 Å². The lowest BCUT2D eigenvalue weighted by atomic mass is 10.3. The van der Waals surface area contributed by atoms with Crippen LogP contribution in [0.15, 0.2) is 35.8 Å². The van der Waals surface area contributed by atoms with Crippen LogP contribution in [0.1, 0.15) is 27.6 Å². The van der Waals surface area contributed by atoms with Gasteiger partial charge in [-0.3, -0.25) is 9.78 Å². The molecule has 0 aliphatic carbocycles. The Hall–Kier alpha value is -2.87. The van der Waals surface area contributed by atoms with Crippen LogP contribution in [0.4, 0.5) is 11.1 Å². The number of anilines is 2. The molecule has 0 aliphatic rings. The van der Waals surface area contributed by atoms with Gasteiger partial charge in [-0.05, 0) is 32.0 Å². The molecule has 2 N–H and O–H groups in total. The first-order valence-electron chi connectivity index (χ1n) is 7.33. The number of carbonyl (C=O) groups is 1. The molecule has 3 rings (SSSR count). The van der Waals surface area contributed by atoms with Gasteiger partial charge in [0, 0.05) is 23.0 Å². The predicted octanol–water partition coefficient (Wildman–Crippen LogP) is 2.62. The van der Waals surface area contributed by atoms with Crippen LogP contribution in [0.5, 0.6) is 0 Å². The minimum absolute atomic E-state index is 0.244. The van der Waals surface area contributed by atoms with E-state index in [4.69, 9.17) is 0 Å². The largest absolute Gasteiger partial charge is 0.345 e. The minimum Gasteiger partial charge on any atom is -0.345 e. The van der Waals surface area contributed by atoms with Gasteiger partial charge in [-0.15, -0.1) is 11.3 Å². The Morgan fingerprint density at radius 2 is 1.96 bits per heavy atom. The summed E-state index contributed by atoms with van der Waals surface area (Å²) in [6.07, 6.45) is 1.69. The summed E-state index contributed by atoms with van der Waals surface area (Å²) in [7, 11) is 0. The fourth-order valence-electron chi connectivity index (χ4n) is 2.08. The molecule has 0 aromatic carbocycles. The molecule has 0 radical (unpaired) electrons. The minimum atomic E-state index is -0.244. The van der Waals surface area contributed by atoms with Crippen molar-refractivity contribution in [3.8, 4) is 0 Å². The van der Waals surface area contributed by atoms with E-state index in [0.29, 0.717) is 23.3 Å². The van der Waals surface area contributed by atoms with Gasteiger partial charge in [0.05, 0.1) is 12.2 Å². The molecule has 7 nitrogen and oxygen atoms in total. The van der Waals surface area contributed by atoms with Gasteiger partial charge in [0.25, 0.3) is 5.91 Å². The van der Waals surface area contributed by atoms with E-state index in [2.05, 4.69) is 30.6 Å². The highest BCUT2D eigenvalue weighted by Gasteiger charge is 2.11. The third-order valence-corrected chi connectivity index (χ3v) is 3.85. The maximum Gasteiger partial charge on any atom is 0.271 e. The highest BCUT2D eigenvalue weighted by Crippen LogP contribution is 2.19. The molecule has 0 bridgehead atoms. The van der Waals surface area contributed by atoms with Crippen molar-refractivity contribution in [2.45, 2.75) is 20.4 Å². The van der Waals surface area contributed by atoms with Gasteiger partial charge >= 0.3 is 0 Å². The third-order valence-electron chi connectivity index (χ3n) is 3.09. The van der Waals surface area contributed by atoms with E-state index in [-0.39, 0.29) is 5.91 Å². The summed E-state index contributed by atoms with van der Waals surface area (Å²) >= 11 is 1.33. The average Bonchev–Trinajstić information content (AvgIpc) is 3.01. The second-order valence-electron chi connectivity index (χ2n) is 5.14. The van der Waals surface area contributed by atoms with E-state index in [1.807, 2.05) is 38.1 Å². The van der Waals surface area contributed by atoms with Gasteiger partial charge in [0.2, 0.25) is 5.95 Å². The first-order chi connectivity index (χ1) is 11.6. The Morgan fingerprint density at radius 3 is 2.67 bits per heavy atom. The van der Waals surface area contributed by atoms with Crippen molar-refractivity contribution < 1.29 is 4.79 Å². The van der Waals surface area contributed by atoms with Crippen LogP contribution in [0.25, 0.3) is 0 Å². The smallest absolute Gasteiger partial charge is 0.271 e. The zero-order valence-electron chi connectivity index (χ0n) is 13.3. The molecule has 0 spiro atoms. The number of pyridine rings is 1. The molecule has 24 heavy (non-hydrogen) atoms. The molecular weight excluding hydrogens is 324 g/mol. The van der Waals surface area contributed by atoms with Gasteiger partial charge in [0.1, 0.15) is 5.69 Å². The molecule has 122 valence electrons. The number of thiazole rings is 1. The van der Waals surface area contributed by atoms with E-state index in [1.54, 1.807) is 11.6 Å². The van der Waals surface area contributed by atoms with E-state index < -0.39 is 0 Å². The number of amides is 1. The monoisotopic (exact) mass is 340 g/mol. The number of rotatable bonds is 5. The molecule has 0 aliphatic heterocycles. The van der Waals surface area contributed by atoms with Crippen molar-refractivity contribution in [3.63, 3.8) is 0 Å². The predicted molar refractivity (Wildman–Crippen MR) is 92.3 cm³/mol. The summed E-state index contributed by atoms with van der Waals surface area (Å²) in [6, 6.07) is 7.46. The lowest BCUT2D eigenvalue weighted by Crippen LogP contribution is -2.23. The zero-order valence-corrected chi connectivity index (χ0v) is 14.1. The molecular formula is C16H16N6OS. The van der Waals surface area contributed by atoms with Crippen LogP contribution < -0.4 is 10.6 Å². The fourth-order valence-corrected chi connectivity index (χ4v) is 2.76. The topological polar surface area (TPSA) is 92.7 Å². The van der Waals surface area contributed by atoms with Crippen molar-refractivity contribution in [2.24, 2.45) is 0 Å². The molecule has 0 unspecified atom stereocenters. The molecule has 3 aromatic heterocycles. The summed E-state index contributed by atoms with van der Waals surface area (Å²) in [5, 5.41) is 8.09. The number of carbonyl (C=O) groups excluding carboxylic acids is 1. The van der Waals surface area contributed by atoms with Crippen LogP contribution >= 0.6 is 11.3 Å². The third kappa shape index (κ3) is 4.11. The van der Waals surface area contributed by atoms with Crippen LogP contribution in [-0.4, -0.2) is 25.8 Å². The first kappa shape index (κ1) is 16.0. The van der Waals surface area contributed by atoms with Crippen molar-refractivity contribution >= 4 is 28.3 Å². The lowest BCUT2D eigenvalue weighted by molar-refractivity contribution is 0.0946. The van der Waals surface area contributed by atoms with Crippen LogP contribution in [0.2, 0.25) is 0 Å². The first-order valence-corrected chi connectivity index (χ1v) is 8.21. The van der Waals surface area contributed by atoms with Gasteiger partial charge in [0.15, 0.2) is 5.13 Å². The van der Waals surface area contributed by atoms with Gasteiger partial charge in [-0.25, -0.2) is 15.0 Å². The van der Waals surface area contributed by atoms with E-state index >= 15 is 0 Å². The van der Waals surface area contributed by atoms with Crippen molar-refractivity contribution in [3.05, 3.63) is 58.6 Å². The Balaban J connectivity index is 1.63. The van der Waals surface area contributed by atoms with Crippen molar-refractivity contribution in [2.75, 3.05) is 5.32 Å². The maximum absolute atomic E-state index is 12.1. The Bertz CT molecular complexity index is 829. The molecule has 3 aromatic rings. The summed E-state index contributed by atoms with van der Waals surface area (Å²) < 4.78 is 0. The standard InChI is InChI=1S/C16H16N6OS/c1-10-7-11(2)20-15(19-10)22-16-21-13(9-24-16)14(23)18-8-12-5-3-4-6-17-12/h3-7,9H,8H2,1-2H3,(H,18,23)(H,19,20,21,22). The summed E-state index contributed by atoms with van der Waals surface area (Å²) in [5.41, 5.74) is 2.88. The van der Waals surface area contributed by atoms with Gasteiger partial charge in [-0.1, -0.05) is 6.07 Å². The van der Waals surface area contributed by atoms with Gasteiger partial charge < -0.3 is 10.6 Å². The average molecular weight is 340 g/mol. The Labute approximate surface area is 143 Å². The quantitative estimate of drug-likeness (QED) is 0.742. The Kier molecular flexibility index (Phi) is 4.76. The molecule has 0 fully saturated rings. The lowest BCUT2D eigenvalue weighted by Gasteiger charge is -2.03. The normalized spacial score (nSPS) is 10.4. The Morgan fingerprint density at radius 1 is 1.17 bits per heavy atom. The number of aromatic nitrogens is 4. The van der Waals surface area contributed by atoms with Gasteiger partial charge in [-0.2, -0.15) is 0 Å². The van der Waals surface area contributed by atoms with E-state index in [1.165, 1.54) is 11.3 Å². The van der Waals surface area contributed by atoms with E-state index in [9.17, 15) is 4.79 Å². The summed E-state index contributed by atoms with van der Waals surface area (Å²) in [6.45, 7) is 4.16. The van der Waals surface area contributed by atoms with Crippen molar-refractivity contribution in [1.82, 2.24) is 25.3 Å². The fraction of sp³-hybridized carbons (Fsp3) is 0.188. The maximum atomic E-state index is 12.1.